The average molecular weight is 349 g/mol. The van der Waals surface area contributed by atoms with E-state index in [2.05, 4.69) is 31.5 Å². The van der Waals surface area contributed by atoms with Gasteiger partial charge in [0, 0.05) is 37.6 Å². The van der Waals surface area contributed by atoms with Crippen LogP contribution in [-0.2, 0) is 13.6 Å². The van der Waals surface area contributed by atoms with Gasteiger partial charge in [0.15, 0.2) is 0 Å². The zero-order valence-corrected chi connectivity index (χ0v) is 15.1. The van der Waals surface area contributed by atoms with Gasteiger partial charge >= 0.3 is 0 Å². The summed E-state index contributed by atoms with van der Waals surface area (Å²) in [4.78, 5) is 16.0. The molecule has 1 saturated heterocycles. The van der Waals surface area contributed by atoms with Crippen molar-refractivity contribution >= 4 is 11.6 Å². The molecular weight excluding hydrogens is 326 g/mol. The molecule has 4 heterocycles. The van der Waals surface area contributed by atoms with Crippen LogP contribution in [0.5, 0.6) is 0 Å². The molecule has 1 aliphatic heterocycles. The van der Waals surface area contributed by atoms with Crippen molar-refractivity contribution in [2.24, 2.45) is 7.05 Å². The van der Waals surface area contributed by atoms with E-state index in [-0.39, 0.29) is 0 Å². The van der Waals surface area contributed by atoms with Crippen molar-refractivity contribution in [3.63, 3.8) is 0 Å². The van der Waals surface area contributed by atoms with E-state index in [0.29, 0.717) is 6.04 Å². The lowest BCUT2D eigenvalue weighted by Crippen LogP contribution is -2.23. The van der Waals surface area contributed by atoms with Crippen molar-refractivity contribution in [1.82, 2.24) is 29.6 Å². The SMILES string of the molecule is Cc1nc(Nc2ccccn2)cc(C2CCCN2Cc2cnn(C)c2)n1. The summed E-state index contributed by atoms with van der Waals surface area (Å²) in [7, 11) is 1.95. The van der Waals surface area contributed by atoms with E-state index < -0.39 is 0 Å². The Labute approximate surface area is 153 Å². The zero-order valence-electron chi connectivity index (χ0n) is 15.1. The fourth-order valence-corrected chi connectivity index (χ4v) is 3.53. The van der Waals surface area contributed by atoms with Gasteiger partial charge in [-0.2, -0.15) is 5.10 Å². The van der Waals surface area contributed by atoms with Gasteiger partial charge in [-0.25, -0.2) is 15.0 Å². The minimum Gasteiger partial charge on any atom is -0.325 e. The van der Waals surface area contributed by atoms with Crippen LogP contribution < -0.4 is 5.32 Å². The molecule has 7 heteroatoms. The van der Waals surface area contributed by atoms with Gasteiger partial charge in [-0.3, -0.25) is 9.58 Å². The Kier molecular flexibility index (Phi) is 4.62. The number of nitrogens with one attached hydrogen (secondary N) is 1. The Hall–Kier alpha value is -2.80. The summed E-state index contributed by atoms with van der Waals surface area (Å²) >= 11 is 0. The fourth-order valence-electron chi connectivity index (χ4n) is 3.53. The van der Waals surface area contributed by atoms with E-state index in [0.717, 1.165) is 42.7 Å². The first-order valence-corrected chi connectivity index (χ1v) is 8.92. The predicted molar refractivity (Wildman–Crippen MR) is 99.9 cm³/mol. The Morgan fingerprint density at radius 3 is 2.92 bits per heavy atom. The minimum atomic E-state index is 0.307. The molecule has 134 valence electrons. The molecule has 0 bridgehead atoms. The molecule has 0 aliphatic carbocycles. The minimum absolute atomic E-state index is 0.307. The number of pyridine rings is 1. The van der Waals surface area contributed by atoms with Gasteiger partial charge in [0.2, 0.25) is 0 Å². The van der Waals surface area contributed by atoms with E-state index in [1.807, 2.05) is 49.1 Å². The van der Waals surface area contributed by atoms with Crippen LogP contribution >= 0.6 is 0 Å². The monoisotopic (exact) mass is 349 g/mol. The molecular formula is C19H23N7. The highest BCUT2D eigenvalue weighted by molar-refractivity contribution is 5.51. The molecule has 1 fully saturated rings. The first kappa shape index (κ1) is 16.7. The molecule has 4 rings (SSSR count). The van der Waals surface area contributed by atoms with Gasteiger partial charge in [0.1, 0.15) is 17.5 Å². The summed E-state index contributed by atoms with van der Waals surface area (Å²) < 4.78 is 1.85. The maximum Gasteiger partial charge on any atom is 0.135 e. The Bertz CT molecular complexity index is 875. The molecule has 1 atom stereocenters. The van der Waals surface area contributed by atoms with Crippen molar-refractivity contribution in [3.8, 4) is 0 Å². The molecule has 0 amide bonds. The van der Waals surface area contributed by atoms with Crippen molar-refractivity contribution in [1.29, 1.82) is 0 Å². The third-order valence-corrected chi connectivity index (χ3v) is 4.63. The number of likely N-dealkylation sites (tertiary alicyclic amines) is 1. The largest absolute Gasteiger partial charge is 0.325 e. The molecule has 3 aromatic heterocycles. The normalized spacial score (nSPS) is 17.5. The third kappa shape index (κ3) is 3.72. The average Bonchev–Trinajstić information content (AvgIpc) is 3.24. The quantitative estimate of drug-likeness (QED) is 0.763. The van der Waals surface area contributed by atoms with Crippen LogP contribution in [0.1, 0.15) is 36.0 Å². The molecule has 3 aromatic rings. The lowest BCUT2D eigenvalue weighted by atomic mass is 10.1. The second-order valence-electron chi connectivity index (χ2n) is 6.72. The van der Waals surface area contributed by atoms with Crippen LogP contribution in [-0.4, -0.2) is 36.2 Å². The second kappa shape index (κ2) is 7.21. The van der Waals surface area contributed by atoms with Crippen molar-refractivity contribution in [2.75, 3.05) is 11.9 Å². The Morgan fingerprint density at radius 2 is 2.15 bits per heavy atom. The summed E-state index contributed by atoms with van der Waals surface area (Å²) in [5.41, 5.74) is 2.30. The number of rotatable bonds is 5. The summed E-state index contributed by atoms with van der Waals surface area (Å²) in [6.45, 7) is 3.91. The molecule has 1 aliphatic rings. The molecule has 1 unspecified atom stereocenters. The summed E-state index contributed by atoms with van der Waals surface area (Å²) in [5, 5.41) is 7.56. The molecule has 0 radical (unpaired) electrons. The standard InChI is InChI=1S/C19H23N7/c1-14-22-16(10-19(23-14)24-18-7-3-4-8-20-18)17-6-5-9-26(17)13-15-11-21-25(2)12-15/h3-4,7-8,10-12,17H,5-6,9,13H2,1-2H3,(H,20,22,23,24). The number of hydrogen-bond acceptors (Lipinski definition) is 6. The van der Waals surface area contributed by atoms with Crippen LogP contribution in [0.2, 0.25) is 0 Å². The summed E-state index contributed by atoms with van der Waals surface area (Å²) in [6.07, 6.45) is 8.07. The van der Waals surface area contributed by atoms with Crippen molar-refractivity contribution in [3.05, 3.63) is 59.9 Å². The van der Waals surface area contributed by atoms with Gasteiger partial charge < -0.3 is 5.32 Å². The van der Waals surface area contributed by atoms with Gasteiger partial charge in [-0.1, -0.05) is 6.07 Å². The lowest BCUT2D eigenvalue weighted by Gasteiger charge is -2.24. The molecule has 0 spiro atoms. The Morgan fingerprint density at radius 1 is 1.23 bits per heavy atom. The van der Waals surface area contributed by atoms with E-state index in [4.69, 9.17) is 4.98 Å². The highest BCUT2D eigenvalue weighted by atomic mass is 15.3. The van der Waals surface area contributed by atoms with Gasteiger partial charge in [-0.05, 0) is 38.4 Å². The number of hydrogen-bond donors (Lipinski definition) is 1. The highest BCUT2D eigenvalue weighted by Gasteiger charge is 2.28. The number of anilines is 2. The van der Waals surface area contributed by atoms with Gasteiger partial charge in [0.05, 0.1) is 17.9 Å². The maximum atomic E-state index is 4.72. The molecule has 1 N–H and O–H groups in total. The smallest absolute Gasteiger partial charge is 0.135 e. The zero-order chi connectivity index (χ0) is 17.9. The van der Waals surface area contributed by atoms with E-state index >= 15 is 0 Å². The molecule has 0 aromatic carbocycles. The van der Waals surface area contributed by atoms with Crippen LogP contribution in [0.25, 0.3) is 0 Å². The topological polar surface area (TPSA) is 71.8 Å². The molecule has 0 saturated carbocycles. The van der Waals surface area contributed by atoms with E-state index in [9.17, 15) is 0 Å². The van der Waals surface area contributed by atoms with E-state index in [1.165, 1.54) is 12.0 Å². The molecule has 7 nitrogen and oxygen atoms in total. The number of aryl methyl sites for hydroxylation is 2. The van der Waals surface area contributed by atoms with E-state index in [1.54, 1.807) is 6.20 Å². The van der Waals surface area contributed by atoms with Crippen molar-refractivity contribution in [2.45, 2.75) is 32.4 Å². The maximum absolute atomic E-state index is 4.72. The highest BCUT2D eigenvalue weighted by Crippen LogP contribution is 2.33. The van der Waals surface area contributed by atoms with Crippen molar-refractivity contribution < 1.29 is 0 Å². The lowest BCUT2D eigenvalue weighted by molar-refractivity contribution is 0.244. The van der Waals surface area contributed by atoms with Crippen LogP contribution in [0.4, 0.5) is 11.6 Å². The third-order valence-electron chi connectivity index (χ3n) is 4.63. The van der Waals surface area contributed by atoms with Crippen LogP contribution in [0.3, 0.4) is 0 Å². The Balaban J connectivity index is 1.55. The molecule has 26 heavy (non-hydrogen) atoms. The summed E-state index contributed by atoms with van der Waals surface area (Å²) in [6, 6.07) is 8.14. The fraction of sp³-hybridized carbons (Fsp3) is 0.368. The van der Waals surface area contributed by atoms with Crippen LogP contribution in [0, 0.1) is 6.92 Å². The number of nitrogens with zero attached hydrogens (tertiary/aromatic N) is 6. The van der Waals surface area contributed by atoms with Gasteiger partial charge in [-0.15, -0.1) is 0 Å². The first-order valence-electron chi connectivity index (χ1n) is 8.92. The van der Waals surface area contributed by atoms with Crippen LogP contribution in [0.15, 0.2) is 42.9 Å². The predicted octanol–water partition coefficient (Wildman–Crippen LogP) is 2.99. The number of aromatic nitrogens is 5. The first-order chi connectivity index (χ1) is 12.7. The van der Waals surface area contributed by atoms with Gasteiger partial charge in [0.25, 0.3) is 0 Å². The second-order valence-corrected chi connectivity index (χ2v) is 6.72. The summed E-state index contributed by atoms with van der Waals surface area (Å²) in [5.74, 6) is 2.35.